The van der Waals surface area contributed by atoms with Crippen molar-refractivity contribution in [2.45, 2.75) is 78.6 Å². The molecule has 0 aromatic rings. The molecule has 4 N–H and O–H groups in total. The van der Waals surface area contributed by atoms with E-state index < -0.39 is 0 Å². The van der Waals surface area contributed by atoms with Gasteiger partial charge in [-0.15, -0.1) is 0 Å². The molecular formula is C24H43N3. The predicted octanol–water partition coefficient (Wildman–Crippen LogP) is 5.13. The second-order valence-corrected chi connectivity index (χ2v) is 11.1. The van der Waals surface area contributed by atoms with Crippen molar-refractivity contribution in [3.8, 4) is 0 Å². The number of nitrogens with two attached hydrogens (primary N) is 2. The van der Waals surface area contributed by atoms with Crippen LogP contribution in [0.3, 0.4) is 0 Å². The Morgan fingerprint density at radius 3 is 2.59 bits per heavy atom. The van der Waals surface area contributed by atoms with E-state index in [1.54, 1.807) is 11.2 Å². The predicted molar refractivity (Wildman–Crippen MR) is 113 cm³/mol. The van der Waals surface area contributed by atoms with E-state index in [1.807, 2.05) is 6.20 Å². The van der Waals surface area contributed by atoms with Crippen molar-refractivity contribution in [1.29, 1.82) is 0 Å². The highest BCUT2D eigenvalue weighted by Gasteiger charge is 2.57. The van der Waals surface area contributed by atoms with E-state index in [2.05, 4.69) is 20.8 Å². The average Bonchev–Trinajstić information content (AvgIpc) is 2.98. The fourth-order valence-electron chi connectivity index (χ4n) is 8.69. The minimum Gasteiger partial charge on any atom is -0.403 e. The third-order valence-corrected chi connectivity index (χ3v) is 9.75. The number of hydrogen-bond donors (Lipinski definition) is 2. The molecule has 0 bridgehead atoms. The smallest absolute Gasteiger partial charge is 0.0364 e. The summed E-state index contributed by atoms with van der Waals surface area (Å²) >= 11 is 0. The maximum atomic E-state index is 6.12. The van der Waals surface area contributed by atoms with Crippen LogP contribution in [0.15, 0.2) is 12.4 Å². The zero-order valence-corrected chi connectivity index (χ0v) is 17.9. The Morgan fingerprint density at radius 1 is 1.04 bits per heavy atom. The summed E-state index contributed by atoms with van der Waals surface area (Å²) in [6, 6.07) is 0. The Kier molecular flexibility index (Phi) is 5.53. The molecule has 4 aliphatic carbocycles. The molecule has 0 aromatic heterocycles. The molecule has 4 saturated carbocycles. The van der Waals surface area contributed by atoms with Gasteiger partial charge in [-0.05, 0) is 104 Å². The second-order valence-electron chi connectivity index (χ2n) is 11.1. The fraction of sp³-hybridized carbons (Fsp3) is 0.917. The van der Waals surface area contributed by atoms with Crippen LogP contribution in [0.2, 0.25) is 0 Å². The summed E-state index contributed by atoms with van der Waals surface area (Å²) in [6.45, 7) is 8.49. The van der Waals surface area contributed by atoms with Crippen LogP contribution in [0.25, 0.3) is 0 Å². The third-order valence-electron chi connectivity index (χ3n) is 9.75. The van der Waals surface area contributed by atoms with Crippen molar-refractivity contribution in [2.24, 2.45) is 64.3 Å². The van der Waals surface area contributed by atoms with Gasteiger partial charge in [0.05, 0.1) is 0 Å². The average molecular weight is 374 g/mol. The molecule has 0 radical (unpaired) electrons. The van der Waals surface area contributed by atoms with E-state index in [1.165, 1.54) is 57.8 Å². The number of hydrazine groups is 1. The van der Waals surface area contributed by atoms with E-state index in [0.717, 1.165) is 48.0 Å². The van der Waals surface area contributed by atoms with E-state index in [9.17, 15) is 0 Å². The fourth-order valence-corrected chi connectivity index (χ4v) is 8.69. The minimum absolute atomic E-state index is 0.544. The molecule has 4 fully saturated rings. The molecule has 0 saturated heterocycles. The van der Waals surface area contributed by atoms with Crippen molar-refractivity contribution < 1.29 is 0 Å². The number of nitrogens with zero attached hydrogens (tertiary/aromatic N) is 1. The molecule has 3 nitrogen and oxygen atoms in total. The van der Waals surface area contributed by atoms with E-state index in [0.29, 0.717) is 11.3 Å². The van der Waals surface area contributed by atoms with Gasteiger partial charge in [-0.1, -0.05) is 27.2 Å². The zero-order valence-electron chi connectivity index (χ0n) is 17.9. The largest absolute Gasteiger partial charge is 0.403 e. The number of hydrogen-bond acceptors (Lipinski definition) is 3. The zero-order chi connectivity index (χ0) is 19.2. The highest BCUT2D eigenvalue weighted by Crippen LogP contribution is 2.65. The van der Waals surface area contributed by atoms with Crippen molar-refractivity contribution in [1.82, 2.24) is 5.01 Å². The first kappa shape index (κ1) is 19.6. The summed E-state index contributed by atoms with van der Waals surface area (Å²) < 4.78 is 0. The first-order valence-corrected chi connectivity index (χ1v) is 11.8. The van der Waals surface area contributed by atoms with Gasteiger partial charge in [-0.3, -0.25) is 0 Å². The molecule has 9 unspecified atom stereocenters. The van der Waals surface area contributed by atoms with Crippen LogP contribution in [-0.4, -0.2) is 11.6 Å². The molecule has 9 atom stereocenters. The Hall–Kier alpha value is -0.700. The van der Waals surface area contributed by atoms with Gasteiger partial charge in [0.2, 0.25) is 0 Å². The lowest BCUT2D eigenvalue weighted by atomic mass is 9.49. The summed E-state index contributed by atoms with van der Waals surface area (Å²) in [5, 5.41) is 1.79. The Bertz CT molecular complexity index is 546. The molecule has 4 aliphatic rings. The maximum absolute atomic E-state index is 6.12. The van der Waals surface area contributed by atoms with Crippen molar-refractivity contribution in [2.75, 3.05) is 6.54 Å². The highest BCUT2D eigenvalue weighted by atomic mass is 15.4. The minimum atomic E-state index is 0.544. The normalized spacial score (nSPS) is 47.9. The summed E-state index contributed by atoms with van der Waals surface area (Å²) in [4.78, 5) is 0. The van der Waals surface area contributed by atoms with Crippen LogP contribution >= 0.6 is 0 Å². The molecule has 4 rings (SSSR count). The summed E-state index contributed by atoms with van der Waals surface area (Å²) in [7, 11) is 0. The molecule has 27 heavy (non-hydrogen) atoms. The standard InChI is InChI=1S/C24H43N3/c1-16-4-6-19-18(14-16)5-7-21-20(19)10-11-24(3)22(8-9-23(21)24)17(2)15-27(26)13-12-25/h12-13,16-23H,4-11,14-15,25-26H2,1-3H3/b13-12-. The third kappa shape index (κ3) is 3.43. The van der Waals surface area contributed by atoms with Gasteiger partial charge in [0.15, 0.2) is 0 Å². The lowest BCUT2D eigenvalue weighted by Gasteiger charge is -2.56. The highest BCUT2D eigenvalue weighted by molar-refractivity contribution is 5.06. The van der Waals surface area contributed by atoms with Crippen molar-refractivity contribution >= 4 is 0 Å². The van der Waals surface area contributed by atoms with Crippen LogP contribution in [0, 0.1) is 52.8 Å². The Labute approximate surface area is 167 Å². The van der Waals surface area contributed by atoms with Crippen LogP contribution < -0.4 is 11.6 Å². The second kappa shape index (κ2) is 7.61. The van der Waals surface area contributed by atoms with E-state index in [4.69, 9.17) is 11.6 Å². The van der Waals surface area contributed by atoms with Crippen molar-refractivity contribution in [3.63, 3.8) is 0 Å². The molecule has 0 spiro atoms. The SMILES string of the molecule is CC1CCC2C(CCC3C2CCC2(C)C(C(C)CN(N)/C=C\N)CCC32)C1. The molecule has 0 amide bonds. The quantitative estimate of drug-likeness (QED) is 0.530. The number of fused-ring (bicyclic) bond motifs is 5. The van der Waals surface area contributed by atoms with Gasteiger partial charge < -0.3 is 10.7 Å². The van der Waals surface area contributed by atoms with Crippen LogP contribution in [0.4, 0.5) is 0 Å². The van der Waals surface area contributed by atoms with Gasteiger partial charge in [0, 0.05) is 18.9 Å². The van der Waals surface area contributed by atoms with Crippen LogP contribution in [0.5, 0.6) is 0 Å². The molecule has 0 heterocycles. The summed E-state index contributed by atoms with van der Waals surface area (Å²) in [5.41, 5.74) is 6.07. The summed E-state index contributed by atoms with van der Waals surface area (Å²) in [6.07, 6.45) is 16.8. The monoisotopic (exact) mass is 373 g/mol. The molecule has 154 valence electrons. The molecule has 0 aliphatic heterocycles. The first-order valence-electron chi connectivity index (χ1n) is 11.8. The first-order chi connectivity index (χ1) is 12.9. The van der Waals surface area contributed by atoms with Gasteiger partial charge >= 0.3 is 0 Å². The van der Waals surface area contributed by atoms with Crippen LogP contribution in [-0.2, 0) is 0 Å². The van der Waals surface area contributed by atoms with Crippen LogP contribution in [0.1, 0.15) is 78.6 Å². The van der Waals surface area contributed by atoms with Crippen molar-refractivity contribution in [3.05, 3.63) is 12.4 Å². The molecule has 3 heteroatoms. The van der Waals surface area contributed by atoms with E-state index in [-0.39, 0.29) is 0 Å². The Morgan fingerprint density at radius 2 is 1.81 bits per heavy atom. The van der Waals surface area contributed by atoms with Gasteiger partial charge in [-0.2, -0.15) is 0 Å². The molecule has 0 aromatic carbocycles. The van der Waals surface area contributed by atoms with Gasteiger partial charge in [0.25, 0.3) is 0 Å². The van der Waals surface area contributed by atoms with E-state index >= 15 is 0 Å². The lowest BCUT2D eigenvalue weighted by Crippen LogP contribution is -2.49. The Balaban J connectivity index is 1.46. The lowest BCUT2D eigenvalue weighted by molar-refractivity contribution is -0.0737. The number of rotatable bonds is 4. The van der Waals surface area contributed by atoms with Gasteiger partial charge in [-0.25, -0.2) is 5.84 Å². The topological polar surface area (TPSA) is 55.3 Å². The summed E-state index contributed by atoms with van der Waals surface area (Å²) in [5.74, 6) is 13.7. The molecular weight excluding hydrogens is 330 g/mol. The van der Waals surface area contributed by atoms with Gasteiger partial charge in [0.1, 0.15) is 0 Å². The maximum Gasteiger partial charge on any atom is 0.0364 e.